The van der Waals surface area contributed by atoms with Crippen LogP contribution in [0.15, 0.2) is 0 Å². The number of aliphatic carboxylic acids is 1. The predicted molar refractivity (Wildman–Crippen MR) is 68.8 cm³/mol. The summed E-state index contributed by atoms with van der Waals surface area (Å²) < 4.78 is 0. The van der Waals surface area contributed by atoms with Crippen molar-refractivity contribution < 1.29 is 15.0 Å². The maximum atomic E-state index is 10.1. The third-order valence-corrected chi connectivity index (χ3v) is 2.05. The molecule has 0 aromatic heterocycles. The van der Waals surface area contributed by atoms with E-state index in [1.54, 1.807) is 0 Å². The van der Waals surface area contributed by atoms with Gasteiger partial charge in [0.15, 0.2) is 0 Å². The average Bonchev–Trinajstić information content (AvgIpc) is 2.27. The van der Waals surface area contributed by atoms with Crippen molar-refractivity contribution in [3.05, 3.63) is 0 Å². The molecule has 0 radical (unpaired) electrons. The number of carboxylic acids is 1. The van der Waals surface area contributed by atoms with E-state index in [1.165, 1.54) is 0 Å². The van der Waals surface area contributed by atoms with Crippen molar-refractivity contribution in [1.29, 1.82) is 0 Å². The molecule has 0 aliphatic rings. The van der Waals surface area contributed by atoms with Crippen molar-refractivity contribution in [3.63, 3.8) is 0 Å². The van der Waals surface area contributed by atoms with E-state index >= 15 is 0 Å². The van der Waals surface area contributed by atoms with Crippen molar-refractivity contribution in [2.75, 3.05) is 33.8 Å². The Labute approximate surface area is 104 Å². The molecular formula is C11H27N3O3. The van der Waals surface area contributed by atoms with Crippen molar-refractivity contribution >= 4 is 5.97 Å². The first-order chi connectivity index (χ1) is 7.95. The lowest BCUT2D eigenvalue weighted by molar-refractivity contribution is -0.138. The number of carbonyl (C=O) groups is 1. The Morgan fingerprint density at radius 3 is 2.18 bits per heavy atom. The van der Waals surface area contributed by atoms with Crippen LogP contribution >= 0.6 is 0 Å². The van der Waals surface area contributed by atoms with E-state index in [9.17, 15) is 4.79 Å². The highest BCUT2D eigenvalue weighted by Crippen LogP contribution is 1.96. The molecule has 0 aliphatic carbocycles. The molecule has 0 aliphatic heterocycles. The zero-order chi connectivity index (χ0) is 13.7. The summed E-state index contributed by atoms with van der Waals surface area (Å²) in [5, 5.41) is 16.6. The second kappa shape index (κ2) is 13.4. The van der Waals surface area contributed by atoms with Gasteiger partial charge in [-0.3, -0.25) is 4.79 Å². The van der Waals surface area contributed by atoms with E-state index in [2.05, 4.69) is 4.90 Å². The number of hydrogen-bond donors (Lipinski definition) is 4. The highest BCUT2D eigenvalue weighted by molar-refractivity contribution is 5.72. The van der Waals surface area contributed by atoms with Crippen molar-refractivity contribution in [3.8, 4) is 0 Å². The van der Waals surface area contributed by atoms with Crippen LogP contribution in [0.4, 0.5) is 0 Å². The molecule has 1 atom stereocenters. The van der Waals surface area contributed by atoms with E-state index in [0.717, 1.165) is 25.8 Å². The van der Waals surface area contributed by atoms with Crippen LogP contribution in [0.5, 0.6) is 0 Å². The summed E-state index contributed by atoms with van der Waals surface area (Å²) in [5.41, 5.74) is 10.4. The molecule has 0 spiro atoms. The highest BCUT2D eigenvalue weighted by Gasteiger charge is 2.09. The topological polar surface area (TPSA) is 113 Å². The zero-order valence-electron chi connectivity index (χ0n) is 10.9. The average molecular weight is 249 g/mol. The Morgan fingerprint density at radius 2 is 1.88 bits per heavy atom. The molecule has 104 valence electrons. The van der Waals surface area contributed by atoms with E-state index in [4.69, 9.17) is 21.7 Å². The highest BCUT2D eigenvalue weighted by atomic mass is 16.4. The van der Waals surface area contributed by atoms with E-state index in [0.29, 0.717) is 19.6 Å². The summed E-state index contributed by atoms with van der Waals surface area (Å²) in [6.45, 7) is 1.89. The molecule has 0 amide bonds. The smallest absolute Gasteiger partial charge is 0.320 e. The summed E-state index contributed by atoms with van der Waals surface area (Å²) in [4.78, 5) is 12.2. The van der Waals surface area contributed by atoms with Gasteiger partial charge in [-0.05, 0) is 46.4 Å². The first-order valence-electron chi connectivity index (χ1n) is 5.89. The van der Waals surface area contributed by atoms with Crippen LogP contribution in [0, 0.1) is 0 Å². The normalized spacial score (nSPS) is 11.9. The molecule has 6 nitrogen and oxygen atoms in total. The fourth-order valence-corrected chi connectivity index (χ4v) is 1.02. The Morgan fingerprint density at radius 1 is 1.29 bits per heavy atom. The lowest BCUT2D eigenvalue weighted by atomic mass is 10.1. The fraction of sp³-hybridized carbons (Fsp3) is 0.909. The number of nitrogens with zero attached hydrogens (tertiary/aromatic N) is 1. The summed E-state index contributed by atoms with van der Waals surface area (Å²) >= 11 is 0. The first kappa shape index (κ1) is 18.7. The number of carboxylic acid groups (broad SMARTS) is 1. The summed E-state index contributed by atoms with van der Waals surface area (Å²) in [7, 11) is 3.99. The molecule has 0 unspecified atom stereocenters. The number of rotatable bonds is 8. The maximum Gasteiger partial charge on any atom is 0.320 e. The van der Waals surface area contributed by atoms with Gasteiger partial charge in [-0.25, -0.2) is 0 Å². The van der Waals surface area contributed by atoms with Gasteiger partial charge in [0.1, 0.15) is 6.04 Å². The minimum absolute atomic E-state index is 0.304. The number of nitrogens with two attached hydrogens (primary N) is 2. The molecule has 0 aromatic rings. The Bertz CT molecular complexity index is 177. The molecule has 0 saturated heterocycles. The van der Waals surface area contributed by atoms with Crippen LogP contribution in [0.25, 0.3) is 0 Å². The third-order valence-electron chi connectivity index (χ3n) is 2.05. The molecule has 6 N–H and O–H groups in total. The standard InChI is InChI=1S/C6H14N2O2.C5H13NO/c7-4-2-1-3-5(8)6(9)10;1-6(2)4-3-5-7/h5H,1-4,7-8H2,(H,9,10);7H,3-5H2,1-2H3/t5-;/m0./s1. The molecule has 0 bridgehead atoms. The molecule has 0 fully saturated rings. The SMILES string of the molecule is CN(C)CCCO.NCCCC[C@H](N)C(=O)O. The van der Waals surface area contributed by atoms with Crippen LogP contribution in [0.1, 0.15) is 25.7 Å². The largest absolute Gasteiger partial charge is 0.480 e. The minimum Gasteiger partial charge on any atom is -0.480 e. The Kier molecular flexibility index (Phi) is 14.7. The number of hydrogen-bond acceptors (Lipinski definition) is 5. The second-order valence-corrected chi connectivity index (χ2v) is 4.11. The summed E-state index contributed by atoms with van der Waals surface area (Å²) in [6, 6.07) is -0.716. The molecule has 0 saturated carbocycles. The van der Waals surface area contributed by atoms with E-state index < -0.39 is 12.0 Å². The quantitative estimate of drug-likeness (QED) is 0.430. The Hall–Kier alpha value is -0.690. The molecule has 0 aromatic carbocycles. The van der Waals surface area contributed by atoms with Crippen LogP contribution in [0.2, 0.25) is 0 Å². The maximum absolute atomic E-state index is 10.1. The summed E-state index contributed by atoms with van der Waals surface area (Å²) in [6.07, 6.45) is 3.05. The lowest BCUT2D eigenvalue weighted by Crippen LogP contribution is -2.29. The van der Waals surface area contributed by atoms with Gasteiger partial charge >= 0.3 is 5.97 Å². The van der Waals surface area contributed by atoms with E-state index in [1.807, 2.05) is 14.1 Å². The molecule has 0 rings (SSSR count). The number of aliphatic hydroxyl groups is 1. The third kappa shape index (κ3) is 17.9. The van der Waals surface area contributed by atoms with E-state index in [-0.39, 0.29) is 0 Å². The molecule has 6 heteroatoms. The predicted octanol–water partition coefficient (Wildman–Crippen LogP) is -0.542. The van der Waals surface area contributed by atoms with Crippen molar-refractivity contribution in [1.82, 2.24) is 4.90 Å². The van der Waals surface area contributed by atoms with Crippen LogP contribution < -0.4 is 11.5 Å². The van der Waals surface area contributed by atoms with Crippen LogP contribution in [-0.2, 0) is 4.79 Å². The second-order valence-electron chi connectivity index (χ2n) is 4.11. The molecule has 17 heavy (non-hydrogen) atoms. The van der Waals surface area contributed by atoms with Crippen molar-refractivity contribution in [2.24, 2.45) is 11.5 Å². The number of unbranched alkanes of at least 4 members (excludes halogenated alkanes) is 1. The monoisotopic (exact) mass is 249 g/mol. The van der Waals surface area contributed by atoms with Crippen molar-refractivity contribution in [2.45, 2.75) is 31.7 Å². The first-order valence-corrected chi connectivity index (χ1v) is 5.89. The Balaban J connectivity index is 0. The van der Waals surface area contributed by atoms with Gasteiger partial charge in [0.2, 0.25) is 0 Å². The summed E-state index contributed by atoms with van der Waals surface area (Å²) in [5.74, 6) is -0.933. The molecule has 0 heterocycles. The van der Waals surface area contributed by atoms with Gasteiger partial charge < -0.3 is 26.6 Å². The van der Waals surface area contributed by atoms with Gasteiger partial charge in [-0.2, -0.15) is 0 Å². The number of aliphatic hydroxyl groups excluding tert-OH is 1. The fourth-order valence-electron chi connectivity index (χ4n) is 1.02. The van der Waals surface area contributed by atoms with Crippen LogP contribution in [-0.4, -0.2) is 60.9 Å². The van der Waals surface area contributed by atoms with Gasteiger partial charge in [0.05, 0.1) is 0 Å². The van der Waals surface area contributed by atoms with Crippen LogP contribution in [0.3, 0.4) is 0 Å². The van der Waals surface area contributed by atoms with Gasteiger partial charge in [0.25, 0.3) is 0 Å². The minimum atomic E-state index is -0.933. The van der Waals surface area contributed by atoms with Gasteiger partial charge in [-0.1, -0.05) is 6.42 Å². The molecular weight excluding hydrogens is 222 g/mol. The van der Waals surface area contributed by atoms with Gasteiger partial charge in [-0.15, -0.1) is 0 Å². The zero-order valence-corrected chi connectivity index (χ0v) is 10.9. The lowest BCUT2D eigenvalue weighted by Gasteiger charge is -2.05. The van der Waals surface area contributed by atoms with Gasteiger partial charge in [0, 0.05) is 6.61 Å².